The number of allylic oxidation sites excluding steroid dienone is 3. The fourth-order valence-electron chi connectivity index (χ4n) is 4.54. The Morgan fingerprint density at radius 2 is 2.00 bits per heavy atom. The lowest BCUT2D eigenvalue weighted by Crippen LogP contribution is -2.35. The number of nitrogens with zero attached hydrogens (tertiary/aromatic N) is 2. The minimum Gasteiger partial charge on any atom is -0.374 e. The number of thioether (sulfide) groups is 1. The SMILES string of the molecule is CC1=C(C(=O)Nc2ccccc2)C(c2cc(CSc3nnc(N)s3)c(C)s2)C2=C(CCCC2=O)N1. The fourth-order valence-corrected chi connectivity index (χ4v) is 7.49. The normalized spacial score (nSPS) is 17.9. The second-order valence-electron chi connectivity index (χ2n) is 8.51. The molecule has 7 nitrogen and oxygen atoms in total. The van der Waals surface area contributed by atoms with Crippen molar-refractivity contribution in [3.63, 3.8) is 0 Å². The van der Waals surface area contributed by atoms with Gasteiger partial charge in [0.2, 0.25) is 5.13 Å². The van der Waals surface area contributed by atoms with Crippen molar-refractivity contribution < 1.29 is 9.59 Å². The highest BCUT2D eigenvalue weighted by Gasteiger charge is 2.39. The topological polar surface area (TPSA) is 110 Å². The number of benzene rings is 1. The third-order valence-electron chi connectivity index (χ3n) is 6.15. The number of carbonyl (C=O) groups is 2. The first-order valence-electron chi connectivity index (χ1n) is 11.3. The number of thiophene rings is 1. The van der Waals surface area contributed by atoms with Crippen LogP contribution in [0.25, 0.3) is 0 Å². The molecule has 1 amide bonds. The van der Waals surface area contributed by atoms with Crippen LogP contribution < -0.4 is 16.4 Å². The average molecular weight is 524 g/mol. The van der Waals surface area contributed by atoms with E-state index in [9.17, 15) is 9.59 Å². The number of aryl methyl sites for hydroxylation is 1. The van der Waals surface area contributed by atoms with Crippen molar-refractivity contribution in [2.45, 2.75) is 49.1 Å². The number of dihydropyridines is 1. The zero-order valence-electron chi connectivity index (χ0n) is 19.4. The van der Waals surface area contributed by atoms with Crippen molar-refractivity contribution in [3.05, 3.63) is 74.3 Å². The number of aromatic nitrogens is 2. The highest BCUT2D eigenvalue weighted by molar-refractivity contribution is 8.00. The first-order valence-corrected chi connectivity index (χ1v) is 13.9. The summed E-state index contributed by atoms with van der Waals surface area (Å²) in [6.45, 7) is 4.00. The molecule has 35 heavy (non-hydrogen) atoms. The van der Waals surface area contributed by atoms with Crippen LogP contribution in [0, 0.1) is 6.92 Å². The molecule has 3 aromatic rings. The Kier molecular flexibility index (Phi) is 6.77. The summed E-state index contributed by atoms with van der Waals surface area (Å²) in [5, 5.41) is 14.8. The molecule has 10 heteroatoms. The fraction of sp³-hybridized carbons (Fsp3) is 0.280. The summed E-state index contributed by atoms with van der Waals surface area (Å²) in [4.78, 5) is 28.9. The predicted octanol–water partition coefficient (Wildman–Crippen LogP) is 5.39. The van der Waals surface area contributed by atoms with Gasteiger partial charge in [-0.1, -0.05) is 41.3 Å². The van der Waals surface area contributed by atoms with Gasteiger partial charge in [0.1, 0.15) is 0 Å². The molecule has 1 unspecified atom stereocenters. The number of nitrogens with two attached hydrogens (primary N) is 1. The molecule has 0 saturated heterocycles. The number of ketones is 1. The maximum atomic E-state index is 13.6. The van der Waals surface area contributed by atoms with E-state index in [1.807, 2.05) is 37.3 Å². The Morgan fingerprint density at radius 3 is 2.74 bits per heavy atom. The lowest BCUT2D eigenvalue weighted by atomic mass is 9.77. The van der Waals surface area contributed by atoms with Gasteiger partial charge < -0.3 is 16.4 Å². The van der Waals surface area contributed by atoms with Gasteiger partial charge in [0.25, 0.3) is 5.91 Å². The lowest BCUT2D eigenvalue weighted by Gasteiger charge is -2.33. The zero-order chi connectivity index (χ0) is 24.5. The van der Waals surface area contributed by atoms with Gasteiger partial charge in [0.05, 0.1) is 5.92 Å². The number of nitrogen functional groups attached to an aromatic ring is 1. The van der Waals surface area contributed by atoms with E-state index in [2.05, 4.69) is 33.8 Å². The number of Topliss-reactive ketones (excluding diaryl/α,β-unsaturated/α-hetero) is 1. The van der Waals surface area contributed by atoms with Crippen molar-refractivity contribution in [1.82, 2.24) is 15.5 Å². The van der Waals surface area contributed by atoms with E-state index >= 15 is 0 Å². The van der Waals surface area contributed by atoms with E-state index in [0.29, 0.717) is 17.1 Å². The Labute approximate surface area is 215 Å². The van der Waals surface area contributed by atoms with E-state index in [-0.39, 0.29) is 17.6 Å². The summed E-state index contributed by atoms with van der Waals surface area (Å²) in [5.41, 5.74) is 10.7. The van der Waals surface area contributed by atoms with Crippen molar-refractivity contribution >= 4 is 56.9 Å². The summed E-state index contributed by atoms with van der Waals surface area (Å²) in [7, 11) is 0. The molecule has 0 saturated carbocycles. The Balaban J connectivity index is 1.50. The molecule has 0 radical (unpaired) electrons. The molecular weight excluding hydrogens is 499 g/mol. The second kappa shape index (κ2) is 9.96. The minimum atomic E-state index is -0.387. The molecule has 180 valence electrons. The molecule has 1 atom stereocenters. The molecule has 1 aromatic carbocycles. The summed E-state index contributed by atoms with van der Waals surface area (Å²) >= 11 is 4.61. The maximum Gasteiger partial charge on any atom is 0.254 e. The number of carbonyl (C=O) groups excluding carboxylic acids is 2. The first kappa shape index (κ1) is 23.8. The lowest BCUT2D eigenvalue weighted by molar-refractivity contribution is -0.116. The molecule has 3 heterocycles. The van der Waals surface area contributed by atoms with Gasteiger partial charge in [-0.3, -0.25) is 9.59 Å². The first-order chi connectivity index (χ1) is 16.9. The second-order valence-corrected chi connectivity index (χ2v) is 12.0. The van der Waals surface area contributed by atoms with Gasteiger partial charge in [-0.25, -0.2) is 0 Å². The molecule has 1 aliphatic heterocycles. The van der Waals surface area contributed by atoms with Crippen LogP contribution in [0.4, 0.5) is 10.8 Å². The summed E-state index contributed by atoms with van der Waals surface area (Å²) in [6, 6.07) is 11.5. The Hall–Kier alpha value is -2.95. The number of rotatable bonds is 6. The van der Waals surface area contributed by atoms with Crippen LogP contribution in [0.2, 0.25) is 0 Å². The largest absolute Gasteiger partial charge is 0.374 e. The van der Waals surface area contributed by atoms with Gasteiger partial charge in [0.15, 0.2) is 10.1 Å². The van der Waals surface area contributed by atoms with Crippen LogP contribution in [0.3, 0.4) is 0 Å². The number of hydrogen-bond donors (Lipinski definition) is 3. The summed E-state index contributed by atoms with van der Waals surface area (Å²) < 4.78 is 0.822. The zero-order valence-corrected chi connectivity index (χ0v) is 21.8. The van der Waals surface area contributed by atoms with Gasteiger partial charge in [0, 0.05) is 50.2 Å². The molecule has 1 aliphatic carbocycles. The Bertz CT molecular complexity index is 1360. The number of para-hydroxylation sites is 1. The van der Waals surface area contributed by atoms with Gasteiger partial charge in [-0.2, -0.15) is 0 Å². The third kappa shape index (κ3) is 4.91. The van der Waals surface area contributed by atoms with Crippen LogP contribution in [0.5, 0.6) is 0 Å². The van der Waals surface area contributed by atoms with Crippen LogP contribution in [-0.2, 0) is 15.3 Å². The molecule has 0 fully saturated rings. The van der Waals surface area contributed by atoms with E-state index in [1.165, 1.54) is 11.3 Å². The van der Waals surface area contributed by atoms with Crippen LogP contribution in [0.15, 0.2) is 63.3 Å². The maximum absolute atomic E-state index is 13.6. The average Bonchev–Trinajstić information content (AvgIpc) is 3.42. The van der Waals surface area contributed by atoms with Crippen molar-refractivity contribution in [2.75, 3.05) is 11.1 Å². The van der Waals surface area contributed by atoms with Crippen molar-refractivity contribution in [1.29, 1.82) is 0 Å². The van der Waals surface area contributed by atoms with E-state index < -0.39 is 0 Å². The highest BCUT2D eigenvalue weighted by Crippen LogP contribution is 2.46. The van der Waals surface area contributed by atoms with Crippen LogP contribution >= 0.6 is 34.4 Å². The summed E-state index contributed by atoms with van der Waals surface area (Å²) in [6.07, 6.45) is 2.15. The minimum absolute atomic E-state index is 0.118. The third-order valence-corrected chi connectivity index (χ3v) is 9.24. The van der Waals surface area contributed by atoms with Gasteiger partial charge in [-0.05, 0) is 50.5 Å². The molecule has 2 aliphatic rings. The van der Waals surface area contributed by atoms with Crippen LogP contribution in [-0.4, -0.2) is 21.9 Å². The van der Waals surface area contributed by atoms with Crippen LogP contribution in [0.1, 0.15) is 47.4 Å². The number of nitrogens with one attached hydrogen (secondary N) is 2. The molecule has 0 spiro atoms. The molecule has 2 aromatic heterocycles. The molecular formula is C25H25N5O2S3. The number of hydrogen-bond acceptors (Lipinski definition) is 9. The molecule has 0 bridgehead atoms. The standard InChI is InChI=1S/C25H25N5O2S3/c1-13-20(23(32)28-16-7-4-3-5-8-16)22(21-17(27-13)9-6-10-18(21)31)19-11-15(14(2)34-19)12-33-25-30-29-24(26)35-25/h3-5,7-8,11,22,27H,6,9-10,12H2,1-2H3,(H2,26,29)(H,28,32). The molecule has 4 N–H and O–H groups in total. The van der Waals surface area contributed by atoms with Crippen molar-refractivity contribution in [2.24, 2.45) is 0 Å². The van der Waals surface area contributed by atoms with Gasteiger partial charge in [-0.15, -0.1) is 21.5 Å². The number of amides is 1. The summed E-state index contributed by atoms with van der Waals surface area (Å²) in [5.74, 6) is 0.258. The Morgan fingerprint density at radius 1 is 1.20 bits per heavy atom. The van der Waals surface area contributed by atoms with E-state index in [4.69, 9.17) is 5.73 Å². The van der Waals surface area contributed by atoms with E-state index in [1.54, 1.807) is 23.1 Å². The smallest absolute Gasteiger partial charge is 0.254 e. The number of anilines is 2. The predicted molar refractivity (Wildman–Crippen MR) is 142 cm³/mol. The van der Waals surface area contributed by atoms with E-state index in [0.717, 1.165) is 60.9 Å². The highest BCUT2D eigenvalue weighted by atomic mass is 32.2. The van der Waals surface area contributed by atoms with Crippen molar-refractivity contribution in [3.8, 4) is 0 Å². The quantitative estimate of drug-likeness (QED) is 0.372. The monoisotopic (exact) mass is 523 g/mol. The van der Waals surface area contributed by atoms with Gasteiger partial charge >= 0.3 is 0 Å². The molecule has 5 rings (SSSR count).